The maximum absolute atomic E-state index is 13.4. The normalized spacial score (nSPS) is 11.1. The van der Waals surface area contributed by atoms with E-state index in [2.05, 4.69) is 5.32 Å². The molecular weight excluding hydrogens is 347 g/mol. The van der Waals surface area contributed by atoms with Crippen LogP contribution in [-0.4, -0.2) is 10.8 Å². The number of nitro groups is 1. The number of nitrogens with one attached hydrogen (secondary N) is 1. The molecule has 0 atom stereocenters. The van der Waals surface area contributed by atoms with Gasteiger partial charge in [0, 0.05) is 23.4 Å². The lowest BCUT2D eigenvalue weighted by Gasteiger charge is -2.10. The predicted molar refractivity (Wildman–Crippen MR) is 102 cm³/mol. The number of carbonyl (C=O) groups is 1. The quantitative estimate of drug-likeness (QED) is 0.303. The molecule has 0 aliphatic rings. The van der Waals surface area contributed by atoms with E-state index in [4.69, 9.17) is 0 Å². The Kier molecular flexibility index (Phi) is 5.37. The number of nitro benzene ring substituents is 1. The molecule has 0 saturated heterocycles. The number of non-ortho nitro benzene ring substituents is 1. The average molecular weight is 362 g/mol. The second-order valence-electron chi connectivity index (χ2n) is 5.74. The van der Waals surface area contributed by atoms with Gasteiger partial charge in [-0.25, -0.2) is 4.39 Å². The summed E-state index contributed by atoms with van der Waals surface area (Å²) in [6, 6.07) is 20.5. The van der Waals surface area contributed by atoms with Gasteiger partial charge < -0.3 is 5.32 Å². The number of hydrogen-bond donors (Lipinski definition) is 1. The molecule has 3 rings (SSSR count). The summed E-state index contributed by atoms with van der Waals surface area (Å²) in [4.78, 5) is 23.3. The summed E-state index contributed by atoms with van der Waals surface area (Å²) in [5.74, 6) is -0.907. The van der Waals surface area contributed by atoms with Crippen molar-refractivity contribution in [3.63, 3.8) is 0 Å². The first-order valence-corrected chi connectivity index (χ1v) is 8.11. The van der Waals surface area contributed by atoms with Crippen LogP contribution < -0.4 is 5.32 Å². The second-order valence-corrected chi connectivity index (χ2v) is 5.74. The molecule has 3 aromatic rings. The Morgan fingerprint density at radius 1 is 0.963 bits per heavy atom. The molecule has 27 heavy (non-hydrogen) atoms. The van der Waals surface area contributed by atoms with Crippen LogP contribution in [-0.2, 0) is 4.79 Å². The summed E-state index contributed by atoms with van der Waals surface area (Å²) < 4.78 is 13.4. The van der Waals surface area contributed by atoms with Crippen molar-refractivity contribution in [2.45, 2.75) is 0 Å². The summed E-state index contributed by atoms with van der Waals surface area (Å²) in [5.41, 5.74) is 1.71. The van der Waals surface area contributed by atoms with Gasteiger partial charge in [0.1, 0.15) is 5.82 Å². The van der Waals surface area contributed by atoms with Crippen LogP contribution in [0.15, 0.2) is 78.9 Å². The SMILES string of the molecule is O=C(Nc1cccc(F)c1)/C(=C/c1cccc([N+](=O)[O-])c1)c1ccccc1. The summed E-state index contributed by atoms with van der Waals surface area (Å²) in [6.07, 6.45) is 1.57. The Balaban J connectivity index is 2.00. The van der Waals surface area contributed by atoms with Crippen LogP contribution in [0.25, 0.3) is 11.6 Å². The molecule has 0 radical (unpaired) electrons. The Labute approximate surface area is 154 Å². The second kappa shape index (κ2) is 8.05. The smallest absolute Gasteiger partial charge is 0.270 e. The first kappa shape index (κ1) is 18.0. The summed E-state index contributed by atoms with van der Waals surface area (Å²) in [6.45, 7) is 0. The van der Waals surface area contributed by atoms with Crippen molar-refractivity contribution >= 4 is 28.9 Å². The number of anilines is 1. The molecule has 6 heteroatoms. The molecule has 0 bridgehead atoms. The van der Waals surface area contributed by atoms with Gasteiger partial charge in [0.25, 0.3) is 11.6 Å². The van der Waals surface area contributed by atoms with E-state index in [0.29, 0.717) is 22.4 Å². The molecule has 134 valence electrons. The minimum Gasteiger partial charge on any atom is -0.322 e. The van der Waals surface area contributed by atoms with Crippen molar-refractivity contribution in [3.8, 4) is 0 Å². The predicted octanol–water partition coefficient (Wildman–Crippen LogP) is 4.91. The van der Waals surface area contributed by atoms with E-state index in [9.17, 15) is 19.3 Å². The third kappa shape index (κ3) is 4.64. The fourth-order valence-electron chi connectivity index (χ4n) is 2.56. The third-order valence-electron chi connectivity index (χ3n) is 3.80. The van der Waals surface area contributed by atoms with E-state index >= 15 is 0 Å². The van der Waals surface area contributed by atoms with Crippen LogP contribution in [0.5, 0.6) is 0 Å². The highest BCUT2D eigenvalue weighted by atomic mass is 19.1. The number of halogens is 1. The number of rotatable bonds is 5. The van der Waals surface area contributed by atoms with Crippen LogP contribution >= 0.6 is 0 Å². The first-order chi connectivity index (χ1) is 13.0. The zero-order valence-electron chi connectivity index (χ0n) is 14.1. The van der Waals surface area contributed by atoms with Crippen molar-refractivity contribution in [1.29, 1.82) is 0 Å². The molecule has 1 N–H and O–H groups in total. The topological polar surface area (TPSA) is 72.2 Å². The van der Waals surface area contributed by atoms with Crippen LogP contribution in [0.3, 0.4) is 0 Å². The fraction of sp³-hybridized carbons (Fsp3) is 0. The van der Waals surface area contributed by atoms with Crippen molar-refractivity contribution in [1.82, 2.24) is 0 Å². The molecule has 0 aliphatic heterocycles. The van der Waals surface area contributed by atoms with E-state index in [1.54, 1.807) is 48.5 Å². The van der Waals surface area contributed by atoms with Gasteiger partial charge in [0.15, 0.2) is 0 Å². The number of benzene rings is 3. The van der Waals surface area contributed by atoms with Crippen LogP contribution in [0.4, 0.5) is 15.8 Å². The lowest BCUT2D eigenvalue weighted by molar-refractivity contribution is -0.384. The van der Waals surface area contributed by atoms with Crippen LogP contribution in [0.2, 0.25) is 0 Å². The monoisotopic (exact) mass is 362 g/mol. The maximum Gasteiger partial charge on any atom is 0.270 e. The zero-order chi connectivity index (χ0) is 19.2. The van der Waals surface area contributed by atoms with Crippen LogP contribution in [0.1, 0.15) is 11.1 Å². The number of amides is 1. The summed E-state index contributed by atoms with van der Waals surface area (Å²) >= 11 is 0. The Morgan fingerprint density at radius 2 is 1.70 bits per heavy atom. The molecule has 0 saturated carbocycles. The van der Waals surface area contributed by atoms with Gasteiger partial charge in [-0.3, -0.25) is 14.9 Å². The van der Waals surface area contributed by atoms with Gasteiger partial charge in [-0.05, 0) is 35.4 Å². The Hall–Kier alpha value is -3.80. The van der Waals surface area contributed by atoms with Crippen molar-refractivity contribution in [3.05, 3.63) is 106 Å². The highest BCUT2D eigenvalue weighted by Gasteiger charge is 2.14. The van der Waals surface area contributed by atoms with Gasteiger partial charge in [0.05, 0.1) is 4.92 Å². The van der Waals surface area contributed by atoms with Gasteiger partial charge in [-0.2, -0.15) is 0 Å². The Morgan fingerprint density at radius 3 is 2.41 bits per heavy atom. The van der Waals surface area contributed by atoms with E-state index < -0.39 is 16.6 Å². The van der Waals surface area contributed by atoms with E-state index in [0.717, 1.165) is 0 Å². The summed E-state index contributed by atoms with van der Waals surface area (Å²) in [5, 5.41) is 13.6. The van der Waals surface area contributed by atoms with Crippen molar-refractivity contribution in [2.75, 3.05) is 5.32 Å². The van der Waals surface area contributed by atoms with E-state index in [1.807, 2.05) is 6.07 Å². The highest BCUT2D eigenvalue weighted by Crippen LogP contribution is 2.23. The van der Waals surface area contributed by atoms with E-state index in [-0.39, 0.29) is 5.69 Å². The average Bonchev–Trinajstić information content (AvgIpc) is 2.67. The molecule has 0 fully saturated rings. The third-order valence-corrected chi connectivity index (χ3v) is 3.80. The zero-order valence-corrected chi connectivity index (χ0v) is 14.1. The lowest BCUT2D eigenvalue weighted by atomic mass is 10.0. The minimum atomic E-state index is -0.494. The maximum atomic E-state index is 13.4. The molecule has 0 heterocycles. The van der Waals surface area contributed by atoms with Crippen molar-refractivity contribution in [2.24, 2.45) is 0 Å². The first-order valence-electron chi connectivity index (χ1n) is 8.11. The van der Waals surface area contributed by atoms with Gasteiger partial charge in [0.2, 0.25) is 0 Å². The number of carbonyl (C=O) groups excluding carboxylic acids is 1. The number of nitrogens with zero attached hydrogens (tertiary/aromatic N) is 1. The molecule has 5 nitrogen and oxygen atoms in total. The molecule has 3 aromatic carbocycles. The van der Waals surface area contributed by atoms with Gasteiger partial charge in [-0.15, -0.1) is 0 Å². The van der Waals surface area contributed by atoms with Gasteiger partial charge >= 0.3 is 0 Å². The molecule has 0 aromatic heterocycles. The lowest BCUT2D eigenvalue weighted by Crippen LogP contribution is -2.13. The largest absolute Gasteiger partial charge is 0.322 e. The summed E-state index contributed by atoms with van der Waals surface area (Å²) in [7, 11) is 0. The molecule has 0 unspecified atom stereocenters. The number of hydrogen-bond acceptors (Lipinski definition) is 3. The molecule has 0 spiro atoms. The van der Waals surface area contributed by atoms with E-state index in [1.165, 1.54) is 30.3 Å². The Bertz CT molecular complexity index is 1020. The van der Waals surface area contributed by atoms with Crippen molar-refractivity contribution < 1.29 is 14.1 Å². The molecular formula is C21H15FN2O3. The fourth-order valence-corrected chi connectivity index (χ4v) is 2.56. The van der Waals surface area contributed by atoms with Crippen LogP contribution in [0, 0.1) is 15.9 Å². The standard InChI is InChI=1S/C21H15FN2O3/c22-17-9-5-10-18(14-17)23-21(25)20(16-7-2-1-3-8-16)13-15-6-4-11-19(12-15)24(26)27/h1-14H,(H,23,25)/b20-13+. The minimum absolute atomic E-state index is 0.0679. The molecule has 0 aliphatic carbocycles. The van der Waals surface area contributed by atoms with Gasteiger partial charge in [-0.1, -0.05) is 48.5 Å². The molecule has 1 amide bonds. The highest BCUT2D eigenvalue weighted by molar-refractivity contribution is 6.29.